The maximum atomic E-state index is 12.5. The SMILES string of the molecule is O=C1C=C(c2ccccc2)C=C2[C@@H]3CCCC(C3)C[C@H]12. The van der Waals surface area contributed by atoms with Gasteiger partial charge in [-0.3, -0.25) is 4.79 Å². The lowest BCUT2D eigenvalue weighted by atomic mass is 9.62. The topological polar surface area (TPSA) is 17.1 Å². The van der Waals surface area contributed by atoms with E-state index in [2.05, 4.69) is 18.2 Å². The number of hydrogen-bond donors (Lipinski definition) is 0. The minimum absolute atomic E-state index is 0.200. The van der Waals surface area contributed by atoms with Crippen molar-refractivity contribution in [3.63, 3.8) is 0 Å². The van der Waals surface area contributed by atoms with E-state index in [0.29, 0.717) is 11.7 Å². The van der Waals surface area contributed by atoms with Crippen LogP contribution in [0.15, 0.2) is 48.1 Å². The van der Waals surface area contributed by atoms with Crippen LogP contribution in [0.1, 0.15) is 37.7 Å². The van der Waals surface area contributed by atoms with Crippen molar-refractivity contribution < 1.29 is 4.79 Å². The van der Waals surface area contributed by atoms with E-state index >= 15 is 0 Å². The van der Waals surface area contributed by atoms with E-state index in [0.717, 1.165) is 17.9 Å². The molecule has 3 aliphatic rings. The van der Waals surface area contributed by atoms with Gasteiger partial charge in [0.1, 0.15) is 0 Å². The summed E-state index contributed by atoms with van der Waals surface area (Å²) in [6, 6.07) is 10.3. The molecule has 0 saturated heterocycles. The van der Waals surface area contributed by atoms with E-state index in [1.807, 2.05) is 24.3 Å². The van der Waals surface area contributed by atoms with Gasteiger partial charge in [-0.1, -0.05) is 54.8 Å². The van der Waals surface area contributed by atoms with Gasteiger partial charge in [0.05, 0.1) is 0 Å². The second-order valence-electron chi connectivity index (χ2n) is 6.53. The summed E-state index contributed by atoms with van der Waals surface area (Å²) in [6.45, 7) is 0. The van der Waals surface area contributed by atoms with Crippen molar-refractivity contribution >= 4 is 11.4 Å². The van der Waals surface area contributed by atoms with Crippen LogP contribution in [0.5, 0.6) is 0 Å². The molecule has 1 heteroatoms. The van der Waals surface area contributed by atoms with E-state index in [1.165, 1.54) is 36.8 Å². The van der Waals surface area contributed by atoms with Gasteiger partial charge in [0, 0.05) is 5.92 Å². The molecule has 0 aromatic heterocycles. The average Bonchev–Trinajstić information content (AvgIpc) is 2.49. The van der Waals surface area contributed by atoms with Gasteiger partial charge < -0.3 is 0 Å². The molecule has 0 radical (unpaired) electrons. The van der Waals surface area contributed by atoms with Crippen molar-refractivity contribution in [1.29, 1.82) is 0 Å². The Kier molecular flexibility index (Phi) is 2.87. The second kappa shape index (κ2) is 4.73. The van der Waals surface area contributed by atoms with E-state index in [4.69, 9.17) is 0 Å². The molecule has 1 nitrogen and oxygen atoms in total. The lowest BCUT2D eigenvalue weighted by Gasteiger charge is -2.42. The van der Waals surface area contributed by atoms with Gasteiger partial charge in [-0.25, -0.2) is 0 Å². The van der Waals surface area contributed by atoms with E-state index < -0.39 is 0 Å². The van der Waals surface area contributed by atoms with E-state index in [1.54, 1.807) is 0 Å². The van der Waals surface area contributed by atoms with Crippen molar-refractivity contribution in [2.24, 2.45) is 17.8 Å². The first-order chi connectivity index (χ1) is 9.81. The van der Waals surface area contributed by atoms with Crippen molar-refractivity contribution in [2.75, 3.05) is 0 Å². The first-order valence-electron chi connectivity index (χ1n) is 7.84. The van der Waals surface area contributed by atoms with Crippen molar-refractivity contribution in [3.8, 4) is 0 Å². The first-order valence-corrected chi connectivity index (χ1v) is 7.84. The van der Waals surface area contributed by atoms with Crippen LogP contribution < -0.4 is 0 Å². The maximum Gasteiger partial charge on any atom is 0.163 e. The van der Waals surface area contributed by atoms with Gasteiger partial charge in [0.25, 0.3) is 0 Å². The average molecular weight is 264 g/mol. The van der Waals surface area contributed by atoms with Crippen molar-refractivity contribution in [2.45, 2.75) is 32.1 Å². The summed E-state index contributed by atoms with van der Waals surface area (Å²) in [6.07, 6.45) is 10.6. The lowest BCUT2D eigenvalue weighted by molar-refractivity contribution is -0.118. The minimum Gasteiger partial charge on any atom is -0.294 e. The molecule has 3 atom stereocenters. The first kappa shape index (κ1) is 12.1. The third kappa shape index (κ3) is 1.96. The molecular weight excluding hydrogens is 244 g/mol. The Labute approximate surface area is 120 Å². The zero-order chi connectivity index (χ0) is 13.5. The molecule has 2 saturated carbocycles. The Balaban J connectivity index is 1.73. The van der Waals surface area contributed by atoms with Crippen molar-refractivity contribution in [1.82, 2.24) is 0 Å². The molecule has 0 aliphatic heterocycles. The molecule has 102 valence electrons. The standard InChI is InChI=1S/C19H20O/c20-19-12-16(14-6-2-1-3-7-14)11-17-15-8-4-5-13(9-15)10-18(17)19/h1-3,6-7,11-13,15,18H,4-5,8-10H2/t13?,15-,18+/m1/s1. The van der Waals surface area contributed by atoms with Crippen LogP contribution in [0.4, 0.5) is 0 Å². The lowest BCUT2D eigenvalue weighted by Crippen LogP contribution is -2.34. The quantitative estimate of drug-likeness (QED) is 0.734. The van der Waals surface area contributed by atoms with Gasteiger partial charge in [-0.15, -0.1) is 0 Å². The van der Waals surface area contributed by atoms with E-state index in [-0.39, 0.29) is 5.92 Å². The molecule has 1 unspecified atom stereocenters. The Hall–Kier alpha value is -1.63. The summed E-state index contributed by atoms with van der Waals surface area (Å²) >= 11 is 0. The highest BCUT2D eigenvalue weighted by Gasteiger charge is 2.39. The molecule has 1 aromatic rings. The van der Waals surface area contributed by atoms with Crippen LogP contribution in [0.3, 0.4) is 0 Å². The number of ketones is 1. The van der Waals surface area contributed by atoms with Gasteiger partial charge >= 0.3 is 0 Å². The zero-order valence-corrected chi connectivity index (χ0v) is 11.7. The van der Waals surface area contributed by atoms with Crippen molar-refractivity contribution in [3.05, 3.63) is 53.6 Å². The van der Waals surface area contributed by atoms with Gasteiger partial charge in [0.15, 0.2) is 5.78 Å². The number of benzene rings is 1. The fraction of sp³-hybridized carbons (Fsp3) is 0.421. The zero-order valence-electron chi connectivity index (χ0n) is 11.7. The molecule has 4 rings (SSSR count). The number of carbonyl (C=O) groups excluding carboxylic acids is 1. The molecule has 3 aliphatic carbocycles. The highest BCUT2D eigenvalue weighted by molar-refractivity contribution is 6.04. The number of carbonyl (C=O) groups is 1. The van der Waals surface area contributed by atoms with Crippen LogP contribution in [0.2, 0.25) is 0 Å². The molecule has 0 heterocycles. The third-order valence-corrected chi connectivity index (χ3v) is 5.30. The normalized spacial score (nSPS) is 32.2. The Morgan fingerprint density at radius 2 is 1.80 bits per heavy atom. The van der Waals surface area contributed by atoms with Crippen LogP contribution in [0.25, 0.3) is 5.57 Å². The third-order valence-electron chi connectivity index (χ3n) is 5.30. The summed E-state index contributed by atoms with van der Waals surface area (Å²) in [5, 5.41) is 0. The largest absolute Gasteiger partial charge is 0.294 e. The Morgan fingerprint density at radius 3 is 2.65 bits per heavy atom. The monoisotopic (exact) mass is 264 g/mol. The molecular formula is C19H20O. The highest BCUT2D eigenvalue weighted by atomic mass is 16.1. The minimum atomic E-state index is 0.200. The summed E-state index contributed by atoms with van der Waals surface area (Å²) in [5.74, 6) is 2.01. The van der Waals surface area contributed by atoms with Crippen LogP contribution in [0, 0.1) is 17.8 Å². The van der Waals surface area contributed by atoms with Crippen LogP contribution in [-0.2, 0) is 4.79 Å². The number of allylic oxidation sites excluding steroid dienone is 4. The highest BCUT2D eigenvalue weighted by Crippen LogP contribution is 2.48. The molecule has 2 bridgehead atoms. The Morgan fingerprint density at radius 1 is 0.950 bits per heavy atom. The van der Waals surface area contributed by atoms with Gasteiger partial charge in [-0.2, -0.15) is 0 Å². The maximum absolute atomic E-state index is 12.5. The van der Waals surface area contributed by atoms with Crippen LogP contribution in [-0.4, -0.2) is 5.78 Å². The molecule has 20 heavy (non-hydrogen) atoms. The fourth-order valence-electron chi connectivity index (χ4n) is 4.33. The summed E-state index contributed by atoms with van der Waals surface area (Å²) < 4.78 is 0. The molecule has 2 fully saturated rings. The van der Waals surface area contributed by atoms with E-state index in [9.17, 15) is 4.79 Å². The molecule has 0 spiro atoms. The number of rotatable bonds is 1. The Bertz CT molecular complexity index is 593. The fourth-order valence-corrected chi connectivity index (χ4v) is 4.33. The van der Waals surface area contributed by atoms with Gasteiger partial charge in [0.2, 0.25) is 0 Å². The predicted octanol–water partition coefficient (Wildman–Crippen LogP) is 4.41. The van der Waals surface area contributed by atoms with Gasteiger partial charge in [-0.05, 0) is 48.3 Å². The van der Waals surface area contributed by atoms with Crippen LogP contribution >= 0.6 is 0 Å². The summed E-state index contributed by atoms with van der Waals surface area (Å²) in [5.41, 5.74) is 3.72. The summed E-state index contributed by atoms with van der Waals surface area (Å²) in [7, 11) is 0. The second-order valence-corrected chi connectivity index (χ2v) is 6.53. The smallest absolute Gasteiger partial charge is 0.163 e. The molecule has 0 amide bonds. The predicted molar refractivity (Wildman–Crippen MR) is 81.1 cm³/mol. The molecule has 1 aromatic carbocycles. The number of hydrogen-bond acceptors (Lipinski definition) is 1. The number of fused-ring (bicyclic) bond motifs is 4. The molecule has 0 N–H and O–H groups in total. The summed E-state index contributed by atoms with van der Waals surface area (Å²) in [4.78, 5) is 12.5.